The topological polar surface area (TPSA) is 130 Å². The average molecular weight is 682 g/mol. The normalized spacial score (nSPS) is 11.2. The first kappa shape index (κ1) is 36.4. The number of anilines is 1. The van der Waals surface area contributed by atoms with Crippen molar-refractivity contribution in [1.82, 2.24) is 10.6 Å². The third-order valence-electron chi connectivity index (χ3n) is 7.97. The predicted octanol–water partition coefficient (Wildman–Crippen LogP) is 6.99. The van der Waals surface area contributed by atoms with Gasteiger partial charge in [-0.2, -0.15) is 0 Å². The van der Waals surface area contributed by atoms with Gasteiger partial charge in [0, 0.05) is 80.4 Å². The molecule has 0 bridgehead atoms. The van der Waals surface area contributed by atoms with Gasteiger partial charge in [0.1, 0.15) is 17.1 Å². The summed E-state index contributed by atoms with van der Waals surface area (Å²) in [5, 5.41) is 19.9. The molecule has 0 spiro atoms. The van der Waals surface area contributed by atoms with Gasteiger partial charge in [0.05, 0.1) is 0 Å². The molecule has 4 N–H and O–H groups in total. The third-order valence-corrected chi connectivity index (χ3v) is 8.22. The summed E-state index contributed by atoms with van der Waals surface area (Å²) in [4.78, 5) is 35.8. The van der Waals surface area contributed by atoms with Crippen molar-refractivity contribution < 1.29 is 32.6 Å². The SMILES string of the molecule is COCCCC(=O)CCCCC(=O)NCCCCCNC(=S)Nc1ccc(-c2c3cc(F)c(=O)cc-3oc3cc(O)c(F)cc23)c(C)c1. The number of aromatic hydroxyl groups is 1. The van der Waals surface area contributed by atoms with Crippen LogP contribution in [0.1, 0.15) is 63.4 Å². The van der Waals surface area contributed by atoms with Crippen LogP contribution >= 0.6 is 12.2 Å². The van der Waals surface area contributed by atoms with Gasteiger partial charge in [0.2, 0.25) is 11.3 Å². The van der Waals surface area contributed by atoms with Crippen LogP contribution in [0.2, 0.25) is 0 Å². The molecule has 0 saturated heterocycles. The highest BCUT2D eigenvalue weighted by atomic mass is 32.1. The van der Waals surface area contributed by atoms with Crippen molar-refractivity contribution in [3.63, 3.8) is 0 Å². The number of methoxy groups -OCH3 is 1. The second-order valence-electron chi connectivity index (χ2n) is 11.7. The summed E-state index contributed by atoms with van der Waals surface area (Å²) in [5.41, 5.74) is 2.20. The first-order chi connectivity index (χ1) is 23.1. The van der Waals surface area contributed by atoms with E-state index in [0.717, 1.165) is 61.9 Å². The molecule has 1 aliphatic carbocycles. The largest absolute Gasteiger partial charge is 0.505 e. The number of benzene rings is 3. The number of phenolic OH excluding ortho intramolecular Hbond substituents is 1. The van der Waals surface area contributed by atoms with E-state index >= 15 is 0 Å². The molecular weight excluding hydrogens is 640 g/mol. The molecule has 4 rings (SSSR count). The second kappa shape index (κ2) is 17.7. The highest BCUT2D eigenvalue weighted by Gasteiger charge is 2.22. The maximum Gasteiger partial charge on any atom is 0.219 e. The number of nitrogens with one attached hydrogen (secondary N) is 3. The number of thiocarbonyl (C=S) groups is 1. The summed E-state index contributed by atoms with van der Waals surface area (Å²) in [6.45, 7) is 3.68. The van der Waals surface area contributed by atoms with Crippen LogP contribution in [0.5, 0.6) is 5.75 Å². The van der Waals surface area contributed by atoms with E-state index in [1.807, 2.05) is 13.0 Å². The van der Waals surface area contributed by atoms with Crippen LogP contribution < -0.4 is 21.4 Å². The molecule has 12 heteroatoms. The van der Waals surface area contributed by atoms with Gasteiger partial charge in [-0.3, -0.25) is 14.4 Å². The van der Waals surface area contributed by atoms with Crippen LogP contribution in [0.3, 0.4) is 0 Å². The van der Waals surface area contributed by atoms with Crippen LogP contribution in [-0.4, -0.2) is 48.7 Å². The fourth-order valence-electron chi connectivity index (χ4n) is 5.48. The van der Waals surface area contributed by atoms with Crippen molar-refractivity contribution in [3.05, 3.63) is 69.9 Å². The molecule has 0 radical (unpaired) electrons. The Morgan fingerprint density at radius 3 is 2.35 bits per heavy atom. The van der Waals surface area contributed by atoms with Crippen molar-refractivity contribution in [3.8, 4) is 28.2 Å². The van der Waals surface area contributed by atoms with Crippen LogP contribution in [0.25, 0.3) is 33.4 Å². The number of Topliss-reactive ketones (excluding diaryl/α,β-unsaturated/α-hetero) is 1. The van der Waals surface area contributed by atoms with Gasteiger partial charge < -0.3 is 30.2 Å². The summed E-state index contributed by atoms with van der Waals surface area (Å²) in [6.07, 6.45) is 6.21. The summed E-state index contributed by atoms with van der Waals surface area (Å²) in [5.74, 6) is -2.09. The molecule has 2 aromatic carbocycles. The van der Waals surface area contributed by atoms with Crippen molar-refractivity contribution in [2.75, 3.05) is 32.1 Å². The lowest BCUT2D eigenvalue weighted by atomic mass is 9.91. The Balaban J connectivity index is 1.23. The number of carbonyl (C=O) groups excluding carboxylic acids is 2. The molecule has 1 amide bonds. The van der Waals surface area contributed by atoms with E-state index in [0.29, 0.717) is 78.3 Å². The zero-order valence-electron chi connectivity index (χ0n) is 27.2. The Morgan fingerprint density at radius 2 is 1.60 bits per heavy atom. The molecule has 2 aliphatic rings. The molecule has 0 unspecified atom stereocenters. The van der Waals surface area contributed by atoms with Crippen LogP contribution in [-0.2, 0) is 14.3 Å². The zero-order chi connectivity index (χ0) is 34.6. The van der Waals surface area contributed by atoms with E-state index in [9.17, 15) is 28.3 Å². The number of hydrogen-bond donors (Lipinski definition) is 4. The fourth-order valence-corrected chi connectivity index (χ4v) is 5.70. The minimum absolute atomic E-state index is 0.00510. The van der Waals surface area contributed by atoms with Crippen molar-refractivity contribution in [1.29, 1.82) is 0 Å². The van der Waals surface area contributed by atoms with Gasteiger partial charge in [-0.15, -0.1) is 0 Å². The lowest BCUT2D eigenvalue weighted by molar-refractivity contribution is -0.122. The Bertz CT molecular complexity index is 1790. The number of ether oxygens (including phenoxy) is 1. The van der Waals surface area contributed by atoms with E-state index < -0.39 is 22.8 Å². The first-order valence-corrected chi connectivity index (χ1v) is 16.5. The highest BCUT2D eigenvalue weighted by molar-refractivity contribution is 7.80. The summed E-state index contributed by atoms with van der Waals surface area (Å²) in [7, 11) is 1.62. The number of unbranched alkanes of at least 4 members (excludes halogenated alkanes) is 3. The lowest BCUT2D eigenvalue weighted by Crippen LogP contribution is -2.29. The number of carbonyl (C=O) groups is 2. The summed E-state index contributed by atoms with van der Waals surface area (Å²) in [6, 6.07) is 9.82. The maximum absolute atomic E-state index is 14.4. The van der Waals surface area contributed by atoms with Gasteiger partial charge in [0.25, 0.3) is 0 Å². The molecular formula is C36H41F2N3O6S. The average Bonchev–Trinajstić information content (AvgIpc) is 3.04. The molecule has 1 aliphatic heterocycles. The molecule has 48 heavy (non-hydrogen) atoms. The summed E-state index contributed by atoms with van der Waals surface area (Å²) >= 11 is 5.46. The Labute approximate surface area is 283 Å². The quantitative estimate of drug-likeness (QED) is 0.0530. The number of phenols is 1. The molecule has 256 valence electrons. The number of amides is 1. The van der Waals surface area contributed by atoms with Crippen molar-refractivity contribution in [2.45, 2.75) is 64.7 Å². The molecule has 1 heterocycles. The minimum atomic E-state index is -0.958. The van der Waals surface area contributed by atoms with Gasteiger partial charge in [-0.05, 0) is 93.1 Å². The second-order valence-corrected chi connectivity index (χ2v) is 12.1. The molecule has 0 aromatic heterocycles. The molecule has 9 nitrogen and oxygen atoms in total. The van der Waals surface area contributed by atoms with Gasteiger partial charge >= 0.3 is 0 Å². The van der Waals surface area contributed by atoms with Crippen LogP contribution in [0.4, 0.5) is 14.5 Å². The number of aryl methyl sites for hydroxylation is 1. The molecule has 0 saturated carbocycles. The van der Waals surface area contributed by atoms with Crippen LogP contribution in [0.15, 0.2) is 51.7 Å². The van der Waals surface area contributed by atoms with Crippen LogP contribution in [0, 0.1) is 18.6 Å². The standard InChI is InChI=1S/C36H41F2N3O6S/c1-22-17-23(41-36(48)40-15-7-3-6-14-39-34(45)11-5-4-9-24(42)10-8-16-46-2)12-13-25(22)35-26-18-28(37)30(43)20-32(26)47-33-21-31(44)29(38)19-27(33)35/h12-13,17-21,43H,3-11,14-16H2,1-2H3,(H,39,45)(H2,40,41,48). The predicted molar refractivity (Wildman–Crippen MR) is 187 cm³/mol. The van der Waals surface area contributed by atoms with E-state index in [1.54, 1.807) is 19.2 Å². The fraction of sp³-hybridized carbons (Fsp3) is 0.389. The van der Waals surface area contributed by atoms with Gasteiger partial charge in [-0.25, -0.2) is 8.78 Å². The van der Waals surface area contributed by atoms with E-state index in [2.05, 4.69) is 16.0 Å². The number of halogens is 2. The maximum atomic E-state index is 14.4. The summed E-state index contributed by atoms with van der Waals surface area (Å²) < 4.78 is 39.5. The number of fused-ring (bicyclic) bond motifs is 2. The number of rotatable bonds is 17. The van der Waals surface area contributed by atoms with E-state index in [1.165, 1.54) is 0 Å². The smallest absolute Gasteiger partial charge is 0.219 e. The highest BCUT2D eigenvalue weighted by Crippen LogP contribution is 2.43. The van der Waals surface area contributed by atoms with Crippen molar-refractivity contribution >= 4 is 45.7 Å². The minimum Gasteiger partial charge on any atom is -0.505 e. The monoisotopic (exact) mass is 681 g/mol. The molecule has 0 atom stereocenters. The zero-order valence-corrected chi connectivity index (χ0v) is 28.0. The Kier molecular flexibility index (Phi) is 13.4. The van der Waals surface area contributed by atoms with Gasteiger partial charge in [-0.1, -0.05) is 6.07 Å². The third kappa shape index (κ3) is 10.0. The Hall–Kier alpha value is -4.42. The van der Waals surface area contributed by atoms with E-state index in [4.69, 9.17) is 21.4 Å². The molecule has 2 aromatic rings. The molecule has 0 fully saturated rings. The number of hydrogen-bond acceptors (Lipinski definition) is 7. The van der Waals surface area contributed by atoms with Crippen molar-refractivity contribution in [2.24, 2.45) is 0 Å². The number of ketones is 1. The Morgan fingerprint density at radius 1 is 0.875 bits per heavy atom. The first-order valence-electron chi connectivity index (χ1n) is 16.1. The van der Waals surface area contributed by atoms with Gasteiger partial charge in [0.15, 0.2) is 22.5 Å². The van der Waals surface area contributed by atoms with E-state index in [-0.39, 0.29) is 23.0 Å². The lowest BCUT2D eigenvalue weighted by Gasteiger charge is -2.18.